The topological polar surface area (TPSA) is 81.2 Å². The van der Waals surface area contributed by atoms with Crippen LogP contribution in [0.5, 0.6) is 0 Å². The molecule has 2 aromatic rings. The van der Waals surface area contributed by atoms with Gasteiger partial charge in [0, 0.05) is 30.5 Å². The largest absolute Gasteiger partial charge is 0.441 e. The van der Waals surface area contributed by atoms with E-state index in [1.165, 1.54) is 24.8 Å². The highest BCUT2D eigenvalue weighted by Crippen LogP contribution is 2.39. The Morgan fingerprint density at radius 3 is 2.63 bits per heavy atom. The Labute approximate surface area is 160 Å². The van der Waals surface area contributed by atoms with E-state index in [-0.39, 0.29) is 5.91 Å². The molecule has 2 bridgehead atoms. The van der Waals surface area contributed by atoms with E-state index in [2.05, 4.69) is 29.4 Å². The van der Waals surface area contributed by atoms with Gasteiger partial charge in [0.15, 0.2) is 11.7 Å². The third-order valence-corrected chi connectivity index (χ3v) is 6.16. The second kappa shape index (κ2) is 7.85. The molecule has 2 aliphatic rings. The van der Waals surface area contributed by atoms with Crippen molar-refractivity contribution in [3.05, 3.63) is 41.9 Å². The number of nitrogens with one attached hydrogen (secondary N) is 1. The van der Waals surface area contributed by atoms with Gasteiger partial charge in [0.25, 0.3) is 0 Å². The first-order valence-corrected chi connectivity index (χ1v) is 10.1. The van der Waals surface area contributed by atoms with Crippen LogP contribution >= 0.6 is 0 Å². The van der Waals surface area contributed by atoms with Crippen LogP contribution in [0.2, 0.25) is 0 Å². The minimum absolute atomic E-state index is 0.0995. The van der Waals surface area contributed by atoms with Crippen LogP contribution in [0.25, 0.3) is 11.3 Å². The molecular weight excluding hydrogens is 338 g/mol. The zero-order valence-electron chi connectivity index (χ0n) is 16.0. The van der Waals surface area contributed by atoms with Gasteiger partial charge < -0.3 is 15.5 Å². The Hall–Kier alpha value is -2.14. The van der Waals surface area contributed by atoms with Gasteiger partial charge in [-0.2, -0.15) is 0 Å². The number of nitrogens with zero attached hydrogens (tertiary/aromatic N) is 1. The molecule has 1 amide bonds. The summed E-state index contributed by atoms with van der Waals surface area (Å²) >= 11 is 0. The molecule has 5 nitrogen and oxygen atoms in total. The zero-order chi connectivity index (χ0) is 18.8. The first-order chi connectivity index (χ1) is 13.1. The van der Waals surface area contributed by atoms with Gasteiger partial charge in [-0.25, -0.2) is 4.98 Å². The summed E-state index contributed by atoms with van der Waals surface area (Å²) in [6.45, 7) is 2.06. The Morgan fingerprint density at radius 1 is 1.22 bits per heavy atom. The molecule has 2 atom stereocenters. The minimum Gasteiger partial charge on any atom is -0.441 e. The quantitative estimate of drug-likeness (QED) is 0.846. The predicted molar refractivity (Wildman–Crippen MR) is 105 cm³/mol. The zero-order valence-corrected chi connectivity index (χ0v) is 16.0. The predicted octanol–water partition coefficient (Wildman–Crippen LogP) is 3.60. The normalized spacial score (nSPS) is 27.3. The van der Waals surface area contributed by atoms with Crippen LogP contribution < -0.4 is 11.1 Å². The molecule has 1 heterocycles. The van der Waals surface area contributed by atoms with Gasteiger partial charge in [-0.3, -0.25) is 4.79 Å². The number of hydrogen-bond donors (Lipinski definition) is 2. The van der Waals surface area contributed by atoms with Crippen LogP contribution in [-0.4, -0.2) is 23.0 Å². The van der Waals surface area contributed by atoms with Crippen molar-refractivity contribution in [2.24, 2.45) is 17.6 Å². The Kier molecular flexibility index (Phi) is 5.30. The number of carbonyl (C=O) groups is 1. The van der Waals surface area contributed by atoms with Crippen molar-refractivity contribution >= 4 is 5.91 Å². The molecule has 0 aliphatic heterocycles. The number of aromatic nitrogens is 1. The van der Waals surface area contributed by atoms with E-state index in [4.69, 9.17) is 10.2 Å². The van der Waals surface area contributed by atoms with Crippen molar-refractivity contribution in [3.63, 3.8) is 0 Å². The summed E-state index contributed by atoms with van der Waals surface area (Å²) in [4.78, 5) is 16.8. The van der Waals surface area contributed by atoms with Gasteiger partial charge in [0.1, 0.15) is 0 Å². The molecule has 2 aliphatic carbocycles. The molecule has 27 heavy (non-hydrogen) atoms. The molecule has 0 saturated heterocycles. The van der Waals surface area contributed by atoms with Crippen LogP contribution in [-0.2, 0) is 11.2 Å². The van der Waals surface area contributed by atoms with E-state index in [0.717, 1.165) is 24.2 Å². The second-order valence-corrected chi connectivity index (χ2v) is 8.26. The highest BCUT2D eigenvalue weighted by atomic mass is 16.4. The van der Waals surface area contributed by atoms with Crippen LogP contribution in [0, 0.1) is 18.8 Å². The van der Waals surface area contributed by atoms with Gasteiger partial charge >= 0.3 is 0 Å². The third-order valence-electron chi connectivity index (χ3n) is 6.16. The van der Waals surface area contributed by atoms with Crippen LogP contribution in [0.15, 0.2) is 34.9 Å². The van der Waals surface area contributed by atoms with Gasteiger partial charge in [-0.15, -0.1) is 0 Å². The Bertz CT molecular complexity index is 769. The van der Waals surface area contributed by atoms with Crippen molar-refractivity contribution < 1.29 is 9.21 Å². The number of rotatable bonds is 5. The molecule has 144 valence electrons. The number of carbonyl (C=O) groups excluding carboxylic acids is 1. The molecule has 0 radical (unpaired) electrons. The van der Waals surface area contributed by atoms with Crippen LogP contribution in [0.3, 0.4) is 0 Å². The molecule has 4 rings (SSSR count). The maximum absolute atomic E-state index is 12.5. The lowest BCUT2D eigenvalue weighted by molar-refractivity contribution is -0.123. The first kappa shape index (κ1) is 18.2. The van der Waals surface area contributed by atoms with E-state index in [9.17, 15) is 4.79 Å². The van der Waals surface area contributed by atoms with E-state index in [1.807, 2.05) is 12.1 Å². The molecule has 2 unspecified atom stereocenters. The van der Waals surface area contributed by atoms with Crippen molar-refractivity contribution in [1.29, 1.82) is 0 Å². The molecule has 2 saturated carbocycles. The summed E-state index contributed by atoms with van der Waals surface area (Å²) in [5.41, 5.74) is 8.40. The molecule has 0 spiro atoms. The highest BCUT2D eigenvalue weighted by Gasteiger charge is 2.39. The van der Waals surface area contributed by atoms with E-state index >= 15 is 0 Å². The van der Waals surface area contributed by atoms with E-state index in [0.29, 0.717) is 42.7 Å². The first-order valence-electron chi connectivity index (χ1n) is 10.1. The van der Waals surface area contributed by atoms with Crippen molar-refractivity contribution in [3.8, 4) is 11.3 Å². The van der Waals surface area contributed by atoms with Crippen molar-refractivity contribution in [2.75, 3.05) is 0 Å². The molecule has 5 heteroatoms. The smallest absolute Gasteiger partial charge is 0.220 e. The number of amides is 1. The van der Waals surface area contributed by atoms with Crippen molar-refractivity contribution in [1.82, 2.24) is 10.3 Å². The standard InChI is InChI=1S/C22H29N3O2/c1-14-5-7-15(8-6-14)19-13-24-21(27-19)10-9-20(26)25-22-16-3-2-4-17(22)12-18(23)11-16/h5-8,13,16-18,22H,2-4,9-12,23H2,1H3,(H,25,26). The summed E-state index contributed by atoms with van der Waals surface area (Å²) in [5, 5.41) is 3.29. The summed E-state index contributed by atoms with van der Waals surface area (Å²) in [6, 6.07) is 8.77. The summed E-state index contributed by atoms with van der Waals surface area (Å²) in [7, 11) is 0. The van der Waals surface area contributed by atoms with Gasteiger partial charge in [-0.1, -0.05) is 36.2 Å². The van der Waals surface area contributed by atoms with E-state index in [1.54, 1.807) is 6.20 Å². The Balaban J connectivity index is 1.31. The number of nitrogens with two attached hydrogens (primary N) is 1. The van der Waals surface area contributed by atoms with Gasteiger partial charge in [-0.05, 0) is 44.4 Å². The molecule has 2 fully saturated rings. The lowest BCUT2D eigenvalue weighted by Gasteiger charge is -2.45. The average Bonchev–Trinajstić information content (AvgIpc) is 3.10. The van der Waals surface area contributed by atoms with Crippen LogP contribution in [0.4, 0.5) is 0 Å². The second-order valence-electron chi connectivity index (χ2n) is 8.26. The lowest BCUT2D eigenvalue weighted by Crippen LogP contribution is -2.53. The fourth-order valence-electron chi connectivity index (χ4n) is 4.78. The van der Waals surface area contributed by atoms with E-state index < -0.39 is 0 Å². The molecule has 1 aromatic heterocycles. The maximum Gasteiger partial charge on any atom is 0.220 e. The summed E-state index contributed by atoms with van der Waals surface area (Å²) in [6.07, 6.45) is 8.41. The number of fused-ring (bicyclic) bond motifs is 2. The van der Waals surface area contributed by atoms with Crippen LogP contribution in [0.1, 0.15) is 50.0 Å². The van der Waals surface area contributed by atoms with Gasteiger partial charge in [0.05, 0.1) is 6.20 Å². The third kappa shape index (κ3) is 4.24. The SMILES string of the molecule is Cc1ccc(-c2cnc(CCC(=O)NC3C4CCCC3CC(N)C4)o2)cc1. The summed E-state index contributed by atoms with van der Waals surface area (Å²) < 4.78 is 5.83. The number of aryl methyl sites for hydroxylation is 2. The fourth-order valence-corrected chi connectivity index (χ4v) is 4.78. The fraction of sp³-hybridized carbons (Fsp3) is 0.545. The lowest BCUT2D eigenvalue weighted by atomic mass is 9.67. The molecular formula is C22H29N3O2. The molecule has 3 N–H and O–H groups in total. The maximum atomic E-state index is 12.5. The molecule has 1 aromatic carbocycles. The van der Waals surface area contributed by atoms with Gasteiger partial charge in [0.2, 0.25) is 5.91 Å². The van der Waals surface area contributed by atoms with Crippen molar-refractivity contribution in [2.45, 2.75) is 64.0 Å². The Morgan fingerprint density at radius 2 is 1.93 bits per heavy atom. The monoisotopic (exact) mass is 367 g/mol. The number of hydrogen-bond acceptors (Lipinski definition) is 4. The minimum atomic E-state index is 0.0995. The summed E-state index contributed by atoms with van der Waals surface area (Å²) in [5.74, 6) is 2.56. The average molecular weight is 367 g/mol. The number of oxazole rings is 1. The highest BCUT2D eigenvalue weighted by molar-refractivity contribution is 5.76. The number of benzene rings is 1.